The van der Waals surface area contributed by atoms with Gasteiger partial charge in [0, 0.05) is 53.7 Å². The molecule has 1 unspecified atom stereocenters. The van der Waals surface area contributed by atoms with Crippen LogP contribution in [0.4, 0.5) is 10.6 Å². The summed E-state index contributed by atoms with van der Waals surface area (Å²) in [6.45, 7) is 11.9. The van der Waals surface area contributed by atoms with Gasteiger partial charge in [-0.25, -0.2) is 9.78 Å². The molecule has 0 saturated carbocycles. The minimum absolute atomic E-state index is 0.189. The van der Waals surface area contributed by atoms with Crippen LogP contribution in [-0.4, -0.2) is 78.6 Å². The van der Waals surface area contributed by atoms with Gasteiger partial charge in [-0.2, -0.15) is 4.68 Å². The molecule has 0 bridgehead atoms. The Morgan fingerprint density at radius 1 is 1.12 bits per heavy atom. The van der Waals surface area contributed by atoms with Crippen molar-refractivity contribution >= 4 is 44.7 Å². The number of pyridine rings is 1. The van der Waals surface area contributed by atoms with E-state index in [1.165, 1.54) is 0 Å². The lowest BCUT2D eigenvalue weighted by molar-refractivity contribution is -0.137. The molecule has 0 aliphatic carbocycles. The van der Waals surface area contributed by atoms with Crippen LogP contribution in [0.3, 0.4) is 0 Å². The Hall–Kier alpha value is -3.51. The number of aromatic hydroxyl groups is 2. The second-order valence-electron chi connectivity index (χ2n) is 11.2. The predicted octanol–water partition coefficient (Wildman–Crippen LogP) is 5.02. The van der Waals surface area contributed by atoms with Crippen molar-refractivity contribution in [3.63, 3.8) is 0 Å². The third-order valence-electron chi connectivity index (χ3n) is 6.88. The topological polar surface area (TPSA) is 140 Å². The second kappa shape index (κ2) is 11.5. The van der Waals surface area contributed by atoms with E-state index in [0.717, 1.165) is 20.1 Å². The van der Waals surface area contributed by atoms with E-state index in [1.807, 2.05) is 45.0 Å². The van der Waals surface area contributed by atoms with Crippen LogP contribution in [0.25, 0.3) is 10.9 Å². The van der Waals surface area contributed by atoms with E-state index in [4.69, 9.17) is 9.72 Å². The summed E-state index contributed by atoms with van der Waals surface area (Å²) in [5.74, 6) is -1.60. The van der Waals surface area contributed by atoms with Crippen molar-refractivity contribution in [1.29, 1.82) is 0 Å². The van der Waals surface area contributed by atoms with Gasteiger partial charge in [-0.3, -0.25) is 15.1 Å². The first kappa shape index (κ1) is 29.5. The van der Waals surface area contributed by atoms with Crippen molar-refractivity contribution < 1.29 is 29.6 Å². The summed E-state index contributed by atoms with van der Waals surface area (Å²) >= 11 is 3.51. The number of carboxylic acid groups (broad SMARTS) is 1. The van der Waals surface area contributed by atoms with Crippen LogP contribution >= 0.6 is 15.9 Å². The minimum atomic E-state index is -0.996. The Morgan fingerprint density at radius 2 is 1.80 bits per heavy atom. The maximum absolute atomic E-state index is 12.5. The summed E-state index contributed by atoms with van der Waals surface area (Å²) in [6.07, 6.45) is -0.498. The minimum Gasteiger partial charge on any atom is -0.493 e. The maximum atomic E-state index is 12.5. The van der Waals surface area contributed by atoms with Crippen LogP contribution in [0.2, 0.25) is 0 Å². The van der Waals surface area contributed by atoms with Gasteiger partial charge in [-0.05, 0) is 57.4 Å². The number of benzene rings is 1. The number of hydrogen-bond donors (Lipinski definition) is 4. The number of carbonyl (C=O) groups excluding carboxylic acids is 1. The first-order valence-corrected chi connectivity index (χ1v) is 13.9. The van der Waals surface area contributed by atoms with Crippen molar-refractivity contribution in [3.8, 4) is 11.8 Å². The fourth-order valence-corrected chi connectivity index (χ4v) is 5.32. The van der Waals surface area contributed by atoms with Crippen LogP contribution in [-0.2, 0) is 16.1 Å². The van der Waals surface area contributed by atoms with Crippen LogP contribution < -0.4 is 5.43 Å². The predicted molar refractivity (Wildman–Crippen MR) is 155 cm³/mol. The van der Waals surface area contributed by atoms with Gasteiger partial charge in [0.25, 0.3) is 0 Å². The molecule has 1 atom stereocenters. The Morgan fingerprint density at radius 3 is 2.42 bits per heavy atom. The van der Waals surface area contributed by atoms with Crippen molar-refractivity contribution in [1.82, 2.24) is 19.5 Å². The Kier molecular flexibility index (Phi) is 8.50. The van der Waals surface area contributed by atoms with Crippen molar-refractivity contribution in [3.05, 3.63) is 45.4 Å². The number of carbonyl (C=O) groups is 2. The normalized spacial score (nSPS) is 15.3. The fourth-order valence-electron chi connectivity index (χ4n) is 4.97. The molecule has 40 heavy (non-hydrogen) atoms. The zero-order valence-electron chi connectivity index (χ0n) is 23.4. The summed E-state index contributed by atoms with van der Waals surface area (Å²) in [7, 11) is 0. The van der Waals surface area contributed by atoms with Gasteiger partial charge in [0.1, 0.15) is 11.4 Å². The van der Waals surface area contributed by atoms with E-state index >= 15 is 0 Å². The van der Waals surface area contributed by atoms with Crippen molar-refractivity contribution in [2.24, 2.45) is 0 Å². The van der Waals surface area contributed by atoms with Gasteiger partial charge in [0.2, 0.25) is 11.8 Å². The van der Waals surface area contributed by atoms with Gasteiger partial charge in [0.05, 0.1) is 11.9 Å². The van der Waals surface area contributed by atoms with Crippen molar-refractivity contribution in [2.45, 2.75) is 59.1 Å². The fraction of sp³-hybridized carbons (Fsp3) is 0.464. The van der Waals surface area contributed by atoms with Crippen LogP contribution in [0.5, 0.6) is 11.8 Å². The number of rotatable bonds is 7. The number of nitrogens with one attached hydrogen (secondary N) is 1. The van der Waals surface area contributed by atoms with E-state index in [2.05, 4.69) is 26.3 Å². The molecule has 1 aliphatic rings. The standard InChI is InChI=1S/C28H36BrN5O6/c1-16(12-23(35)36)24-17(2)25(37)34(26(24)38)31-22-13-18(20-7-6-19(29)14-21(20)30-22)15-32-8-10-33(11-9-32)27(39)40-28(3,4)5/h6-7,13-14,16,37-38H,8-12,15H2,1-5H3,(H,30,31)(H,35,36). The van der Waals surface area contributed by atoms with Crippen LogP contribution in [0.1, 0.15) is 56.7 Å². The molecule has 1 aromatic carbocycles. The Labute approximate surface area is 241 Å². The maximum Gasteiger partial charge on any atom is 0.410 e. The number of hydrogen-bond acceptors (Lipinski definition) is 8. The molecule has 3 heterocycles. The number of nitrogens with zero attached hydrogens (tertiary/aromatic N) is 4. The molecule has 3 aromatic rings. The lowest BCUT2D eigenvalue weighted by Gasteiger charge is -2.35. The van der Waals surface area contributed by atoms with Crippen LogP contribution in [0.15, 0.2) is 28.7 Å². The number of piperazine rings is 1. The third kappa shape index (κ3) is 6.61. The number of aliphatic carboxylic acids is 1. The molecule has 4 N–H and O–H groups in total. The Balaban J connectivity index is 1.59. The summed E-state index contributed by atoms with van der Waals surface area (Å²) in [5.41, 5.74) is 4.90. The summed E-state index contributed by atoms with van der Waals surface area (Å²) in [6, 6.07) is 7.70. The molecule has 0 spiro atoms. The van der Waals surface area contributed by atoms with E-state index in [9.17, 15) is 24.9 Å². The highest BCUT2D eigenvalue weighted by Gasteiger charge is 2.27. The van der Waals surface area contributed by atoms with Gasteiger partial charge >= 0.3 is 12.1 Å². The lowest BCUT2D eigenvalue weighted by atomic mass is 9.97. The summed E-state index contributed by atoms with van der Waals surface area (Å²) < 4.78 is 7.49. The van der Waals surface area contributed by atoms with Gasteiger partial charge in [-0.1, -0.05) is 28.9 Å². The zero-order valence-corrected chi connectivity index (χ0v) is 24.9. The number of halogens is 1. The molecule has 1 amide bonds. The van der Waals surface area contributed by atoms with Crippen LogP contribution in [0, 0.1) is 6.92 Å². The van der Waals surface area contributed by atoms with E-state index in [-0.39, 0.29) is 24.3 Å². The number of ether oxygens (including phenoxy) is 1. The number of aromatic nitrogens is 2. The largest absolute Gasteiger partial charge is 0.493 e. The monoisotopic (exact) mass is 617 g/mol. The quantitative estimate of drug-likeness (QED) is 0.287. The molecule has 0 radical (unpaired) electrons. The second-order valence-corrected chi connectivity index (χ2v) is 12.1. The Bertz CT molecular complexity index is 1430. The molecule has 12 heteroatoms. The highest BCUT2D eigenvalue weighted by molar-refractivity contribution is 9.10. The molecule has 11 nitrogen and oxygen atoms in total. The molecule has 2 aromatic heterocycles. The first-order chi connectivity index (χ1) is 18.7. The number of amides is 1. The molecular formula is C28H36BrN5O6. The molecule has 4 rings (SSSR count). The number of anilines is 1. The highest BCUT2D eigenvalue weighted by atomic mass is 79.9. The number of fused-ring (bicyclic) bond motifs is 1. The van der Waals surface area contributed by atoms with Gasteiger partial charge in [0.15, 0.2) is 0 Å². The average Bonchev–Trinajstić information content (AvgIpc) is 3.05. The van der Waals surface area contributed by atoms with Crippen molar-refractivity contribution in [2.75, 3.05) is 31.6 Å². The van der Waals surface area contributed by atoms with E-state index in [1.54, 1.807) is 18.7 Å². The summed E-state index contributed by atoms with van der Waals surface area (Å²) in [4.78, 5) is 32.4. The smallest absolute Gasteiger partial charge is 0.410 e. The lowest BCUT2D eigenvalue weighted by Crippen LogP contribution is -2.49. The third-order valence-corrected chi connectivity index (χ3v) is 7.37. The molecule has 1 aliphatic heterocycles. The van der Waals surface area contributed by atoms with Gasteiger partial charge < -0.3 is 25.0 Å². The average molecular weight is 619 g/mol. The zero-order chi connectivity index (χ0) is 29.4. The summed E-state index contributed by atoms with van der Waals surface area (Å²) in [5, 5.41) is 31.9. The first-order valence-electron chi connectivity index (χ1n) is 13.1. The highest BCUT2D eigenvalue weighted by Crippen LogP contribution is 2.39. The SMILES string of the molecule is Cc1c(C(C)CC(=O)O)c(O)n(Nc2cc(CN3CCN(C(=O)OC(C)(C)C)CC3)c3ccc(Br)cc3n2)c1O. The number of carboxylic acids is 1. The van der Waals surface area contributed by atoms with E-state index in [0.29, 0.717) is 55.2 Å². The molecular weight excluding hydrogens is 582 g/mol. The van der Waals surface area contributed by atoms with Gasteiger partial charge in [-0.15, -0.1) is 0 Å². The van der Waals surface area contributed by atoms with E-state index < -0.39 is 17.5 Å². The molecule has 1 fully saturated rings. The molecule has 216 valence electrons. The molecule has 1 saturated heterocycles.